The molecule has 1 unspecified atom stereocenters. The van der Waals surface area contributed by atoms with Gasteiger partial charge in [0.2, 0.25) is 0 Å². The molecular weight excluding hydrogens is 639 g/mol. The molecule has 258 valence electrons. The van der Waals surface area contributed by atoms with Crippen molar-refractivity contribution >= 4 is 27.5 Å². The zero-order chi connectivity index (χ0) is 34.8. The molecule has 4 aromatic rings. The van der Waals surface area contributed by atoms with Crippen LogP contribution in [0.1, 0.15) is 68.3 Å². The lowest BCUT2D eigenvalue weighted by atomic mass is 9.90. The quantitative estimate of drug-likeness (QED) is 0.216. The SMILES string of the molecule is CC1CCCN(C(=O)OC(C)(C)C)[C@@H]1c1ncc(-c2ccc(-c3ccc(C(=O)Nc4ccc(CN5CCS(=O)(=O)CC5)cc4)cc3)cc2)[nH]1. The van der Waals surface area contributed by atoms with Crippen molar-refractivity contribution in [2.24, 2.45) is 5.92 Å². The number of H-pyrrole nitrogens is 1. The maximum Gasteiger partial charge on any atom is 0.410 e. The average Bonchev–Trinajstić information content (AvgIpc) is 3.56. The van der Waals surface area contributed by atoms with Crippen LogP contribution in [0.4, 0.5) is 10.5 Å². The maximum atomic E-state index is 13.0. The highest BCUT2D eigenvalue weighted by atomic mass is 32.2. The Bertz CT molecular complexity index is 1870. The number of amides is 2. The standard InChI is InChI=1S/C38H45N5O5S/c1-26-6-5-19-43(37(45)48-38(2,3)4)34(26)35-39-24-33(41-35)30-13-9-28(10-14-30)29-11-15-31(16-12-29)36(44)40-32-17-7-27(8-18-32)25-42-20-22-49(46,47)23-21-42/h7-18,24,26,34H,5-6,19-23,25H2,1-4H3,(H,39,41)(H,40,44)/t26?,34-/m0/s1. The highest BCUT2D eigenvalue weighted by Gasteiger charge is 2.37. The van der Waals surface area contributed by atoms with Crippen LogP contribution in [0.25, 0.3) is 22.4 Å². The topological polar surface area (TPSA) is 125 Å². The Morgan fingerprint density at radius 2 is 1.51 bits per heavy atom. The number of piperidine rings is 1. The Morgan fingerprint density at radius 1 is 0.898 bits per heavy atom. The minimum absolute atomic E-state index is 0.180. The van der Waals surface area contributed by atoms with Crippen molar-refractivity contribution in [1.82, 2.24) is 19.8 Å². The van der Waals surface area contributed by atoms with E-state index in [-0.39, 0.29) is 35.5 Å². The first-order chi connectivity index (χ1) is 23.3. The molecule has 0 saturated carbocycles. The van der Waals surface area contributed by atoms with Gasteiger partial charge in [0, 0.05) is 37.4 Å². The molecule has 10 nitrogen and oxygen atoms in total. The van der Waals surface area contributed by atoms with Gasteiger partial charge in [-0.15, -0.1) is 0 Å². The Hall–Kier alpha value is -4.48. The number of aromatic nitrogens is 2. The molecule has 0 radical (unpaired) electrons. The molecule has 0 spiro atoms. The summed E-state index contributed by atoms with van der Waals surface area (Å²) in [7, 11) is -2.90. The van der Waals surface area contributed by atoms with Gasteiger partial charge in [0.05, 0.1) is 29.4 Å². The van der Waals surface area contributed by atoms with E-state index in [4.69, 9.17) is 9.72 Å². The van der Waals surface area contributed by atoms with Crippen molar-refractivity contribution in [3.8, 4) is 22.4 Å². The van der Waals surface area contributed by atoms with E-state index in [9.17, 15) is 18.0 Å². The maximum absolute atomic E-state index is 13.0. The number of hydrogen-bond acceptors (Lipinski definition) is 7. The zero-order valence-electron chi connectivity index (χ0n) is 28.6. The van der Waals surface area contributed by atoms with E-state index in [1.165, 1.54) is 0 Å². The van der Waals surface area contributed by atoms with Gasteiger partial charge in [-0.05, 0) is 86.1 Å². The molecule has 2 aliphatic heterocycles. The molecule has 0 aliphatic carbocycles. The van der Waals surface area contributed by atoms with Crippen LogP contribution < -0.4 is 5.32 Å². The average molecular weight is 684 g/mol. The van der Waals surface area contributed by atoms with Crippen LogP contribution in [-0.4, -0.2) is 76.9 Å². The van der Waals surface area contributed by atoms with Gasteiger partial charge in [0.15, 0.2) is 9.84 Å². The highest BCUT2D eigenvalue weighted by Crippen LogP contribution is 2.36. The summed E-state index contributed by atoms with van der Waals surface area (Å²) in [6.45, 7) is 10.2. The van der Waals surface area contributed by atoms with Crippen molar-refractivity contribution in [3.05, 3.63) is 95.9 Å². The predicted molar refractivity (Wildman–Crippen MR) is 192 cm³/mol. The molecule has 1 aromatic heterocycles. The summed E-state index contributed by atoms with van der Waals surface area (Å²) in [6, 6.07) is 23.2. The number of nitrogens with zero attached hydrogens (tertiary/aromatic N) is 3. The summed E-state index contributed by atoms with van der Waals surface area (Å²) in [5.74, 6) is 1.22. The molecule has 2 atom stereocenters. The van der Waals surface area contributed by atoms with E-state index < -0.39 is 15.4 Å². The predicted octanol–water partition coefficient (Wildman–Crippen LogP) is 6.93. The minimum Gasteiger partial charge on any atom is -0.444 e. The Kier molecular flexibility index (Phi) is 9.94. The summed E-state index contributed by atoms with van der Waals surface area (Å²) in [5, 5.41) is 2.96. The molecule has 11 heteroatoms. The molecule has 0 bridgehead atoms. The van der Waals surface area contributed by atoms with Crippen molar-refractivity contribution in [3.63, 3.8) is 0 Å². The number of sulfone groups is 1. The molecule has 2 aliphatic rings. The summed E-state index contributed by atoms with van der Waals surface area (Å²) in [5.41, 5.74) is 5.65. The van der Waals surface area contributed by atoms with E-state index in [0.717, 1.165) is 46.6 Å². The third-order valence-corrected chi connectivity index (χ3v) is 10.8. The minimum atomic E-state index is -2.90. The van der Waals surface area contributed by atoms with Crippen LogP contribution in [0.3, 0.4) is 0 Å². The number of hydrogen-bond donors (Lipinski definition) is 2. The van der Waals surface area contributed by atoms with E-state index in [2.05, 4.69) is 22.1 Å². The van der Waals surface area contributed by atoms with Gasteiger partial charge in [-0.1, -0.05) is 55.5 Å². The second-order valence-electron chi connectivity index (χ2n) is 14.2. The lowest BCUT2D eigenvalue weighted by molar-refractivity contribution is -0.000196. The number of imidazole rings is 1. The Morgan fingerprint density at radius 3 is 2.14 bits per heavy atom. The Balaban J connectivity index is 1.06. The molecule has 3 heterocycles. The van der Waals surface area contributed by atoms with Gasteiger partial charge in [0.1, 0.15) is 11.4 Å². The van der Waals surface area contributed by atoms with Crippen molar-refractivity contribution in [1.29, 1.82) is 0 Å². The number of rotatable bonds is 7. The number of benzene rings is 3. The fourth-order valence-corrected chi connectivity index (χ4v) is 7.76. The van der Waals surface area contributed by atoms with Crippen LogP contribution in [-0.2, 0) is 21.1 Å². The largest absolute Gasteiger partial charge is 0.444 e. The molecule has 2 amide bonds. The second kappa shape index (κ2) is 14.2. The summed E-state index contributed by atoms with van der Waals surface area (Å²) >= 11 is 0. The lowest BCUT2D eigenvalue weighted by Crippen LogP contribution is -2.45. The van der Waals surface area contributed by atoms with Crippen LogP contribution in [0, 0.1) is 5.92 Å². The van der Waals surface area contributed by atoms with Crippen LogP contribution in [0.15, 0.2) is 79.0 Å². The first kappa shape index (κ1) is 34.4. The van der Waals surface area contributed by atoms with Crippen LogP contribution in [0.2, 0.25) is 0 Å². The number of carbonyl (C=O) groups excluding carboxylic acids is 2. The van der Waals surface area contributed by atoms with Crippen molar-refractivity contribution in [2.45, 2.75) is 58.7 Å². The lowest BCUT2D eigenvalue weighted by Gasteiger charge is -2.39. The third-order valence-electron chi connectivity index (χ3n) is 9.17. The van der Waals surface area contributed by atoms with Gasteiger partial charge in [0.25, 0.3) is 5.91 Å². The highest BCUT2D eigenvalue weighted by molar-refractivity contribution is 7.91. The molecular formula is C38H45N5O5S. The molecule has 49 heavy (non-hydrogen) atoms. The fourth-order valence-electron chi connectivity index (χ4n) is 6.48. The number of ether oxygens (including phenoxy) is 1. The molecule has 2 N–H and O–H groups in total. The van der Waals surface area contributed by atoms with Gasteiger partial charge in [-0.25, -0.2) is 18.2 Å². The third kappa shape index (κ3) is 8.58. The number of carbonyl (C=O) groups is 2. The van der Waals surface area contributed by atoms with E-state index >= 15 is 0 Å². The number of nitrogens with one attached hydrogen (secondary N) is 2. The first-order valence-electron chi connectivity index (χ1n) is 16.9. The van der Waals surface area contributed by atoms with Crippen molar-refractivity contribution < 1.29 is 22.7 Å². The van der Waals surface area contributed by atoms with Gasteiger partial charge in [-0.2, -0.15) is 0 Å². The molecule has 2 fully saturated rings. The Labute approximate surface area is 288 Å². The molecule has 6 rings (SSSR count). The molecule has 2 saturated heterocycles. The van der Waals surface area contributed by atoms with Crippen LogP contribution in [0.5, 0.6) is 0 Å². The van der Waals surface area contributed by atoms with Crippen LogP contribution >= 0.6 is 0 Å². The summed E-state index contributed by atoms with van der Waals surface area (Å²) < 4.78 is 29.1. The second-order valence-corrected chi connectivity index (χ2v) is 16.5. The number of aromatic amines is 1. The number of likely N-dealkylation sites (tertiary alicyclic amines) is 1. The molecule has 3 aromatic carbocycles. The van der Waals surface area contributed by atoms with E-state index in [1.54, 1.807) is 4.90 Å². The monoisotopic (exact) mass is 683 g/mol. The van der Waals surface area contributed by atoms with Gasteiger partial charge >= 0.3 is 6.09 Å². The summed E-state index contributed by atoms with van der Waals surface area (Å²) in [4.78, 5) is 38.1. The van der Waals surface area contributed by atoms with Crippen molar-refractivity contribution in [2.75, 3.05) is 36.5 Å². The zero-order valence-corrected chi connectivity index (χ0v) is 29.4. The summed E-state index contributed by atoms with van der Waals surface area (Å²) in [6.07, 6.45) is 3.46. The number of anilines is 1. The van der Waals surface area contributed by atoms with E-state index in [0.29, 0.717) is 37.4 Å². The smallest absolute Gasteiger partial charge is 0.410 e. The first-order valence-corrected chi connectivity index (χ1v) is 18.7. The van der Waals surface area contributed by atoms with Gasteiger partial charge in [-0.3, -0.25) is 14.6 Å². The fraction of sp³-hybridized carbons (Fsp3) is 0.395. The van der Waals surface area contributed by atoms with E-state index in [1.807, 2.05) is 99.8 Å². The van der Waals surface area contributed by atoms with Gasteiger partial charge < -0.3 is 15.0 Å². The normalized spacial score (nSPS) is 19.7.